The van der Waals surface area contributed by atoms with E-state index in [0.29, 0.717) is 50.3 Å². The summed E-state index contributed by atoms with van der Waals surface area (Å²) in [6.45, 7) is 4.38. The van der Waals surface area contributed by atoms with Crippen molar-refractivity contribution in [1.82, 2.24) is 10.2 Å². The summed E-state index contributed by atoms with van der Waals surface area (Å²) < 4.78 is 12.1. The molecule has 1 atom stereocenters. The quantitative estimate of drug-likeness (QED) is 0.631. The number of carbonyl (C=O) groups is 3. The van der Waals surface area contributed by atoms with Crippen molar-refractivity contribution < 1.29 is 23.9 Å². The van der Waals surface area contributed by atoms with Crippen LogP contribution in [0.25, 0.3) is 0 Å². The van der Waals surface area contributed by atoms with E-state index in [1.54, 1.807) is 24.8 Å². The fourth-order valence-electron chi connectivity index (χ4n) is 4.46. The number of nitrogens with one attached hydrogen (secondary N) is 1. The van der Waals surface area contributed by atoms with E-state index in [4.69, 9.17) is 15.2 Å². The highest BCUT2D eigenvalue weighted by molar-refractivity contribution is 6.00. The number of fused-ring (bicyclic) bond motifs is 1. The van der Waals surface area contributed by atoms with Gasteiger partial charge in [-0.3, -0.25) is 14.4 Å². The highest BCUT2D eigenvalue weighted by atomic mass is 16.5. The molecule has 1 fully saturated rings. The Morgan fingerprint density at radius 3 is 2.46 bits per heavy atom. The third-order valence-corrected chi connectivity index (χ3v) is 6.57. The molecule has 2 aliphatic heterocycles. The standard InChI is InChI=1S/C27H33N3O5/c1-26(2,28)25(33)29-21(18-34-17-19-8-4-3-5-9-19)24(32)30-14-12-27(13-15-30)16-22(31)20-10-6-7-11-23(20)35-27/h3-11,21H,12-18,28H2,1-2H3,(H,29,33)/t21-/m1/s1. The predicted octanol–water partition coefficient (Wildman–Crippen LogP) is 2.45. The second-order valence-electron chi connectivity index (χ2n) is 9.95. The summed E-state index contributed by atoms with van der Waals surface area (Å²) in [6, 6.07) is 16.0. The normalized spacial score (nSPS) is 17.9. The molecule has 2 aliphatic rings. The van der Waals surface area contributed by atoms with E-state index in [1.807, 2.05) is 48.5 Å². The summed E-state index contributed by atoms with van der Waals surface area (Å²) in [4.78, 5) is 40.4. The number of rotatable bonds is 7. The Kier molecular flexibility index (Phi) is 7.23. The average Bonchev–Trinajstić information content (AvgIpc) is 2.83. The van der Waals surface area contributed by atoms with E-state index in [1.165, 1.54) is 0 Å². The lowest BCUT2D eigenvalue weighted by molar-refractivity contribution is -0.142. The van der Waals surface area contributed by atoms with E-state index in [9.17, 15) is 14.4 Å². The van der Waals surface area contributed by atoms with Crippen LogP contribution in [0.2, 0.25) is 0 Å². The van der Waals surface area contributed by atoms with E-state index in [-0.39, 0.29) is 18.3 Å². The van der Waals surface area contributed by atoms with Crippen LogP contribution in [0.4, 0.5) is 0 Å². The third-order valence-electron chi connectivity index (χ3n) is 6.57. The average molecular weight is 480 g/mol. The van der Waals surface area contributed by atoms with Crippen LogP contribution in [0, 0.1) is 0 Å². The van der Waals surface area contributed by atoms with Gasteiger partial charge in [-0.25, -0.2) is 0 Å². The van der Waals surface area contributed by atoms with E-state index >= 15 is 0 Å². The lowest BCUT2D eigenvalue weighted by atomic mass is 9.82. The zero-order chi connectivity index (χ0) is 25.1. The van der Waals surface area contributed by atoms with Crippen molar-refractivity contribution in [2.24, 2.45) is 5.73 Å². The number of benzene rings is 2. The molecule has 0 radical (unpaired) electrons. The first-order valence-electron chi connectivity index (χ1n) is 12.0. The Balaban J connectivity index is 1.40. The Morgan fingerprint density at radius 2 is 1.77 bits per heavy atom. The molecule has 35 heavy (non-hydrogen) atoms. The second kappa shape index (κ2) is 10.2. The number of Topliss-reactive ketones (excluding diaryl/α,β-unsaturated/α-hetero) is 1. The number of ketones is 1. The smallest absolute Gasteiger partial charge is 0.247 e. The van der Waals surface area contributed by atoms with Gasteiger partial charge in [0.1, 0.15) is 17.4 Å². The monoisotopic (exact) mass is 479 g/mol. The van der Waals surface area contributed by atoms with Gasteiger partial charge in [0.15, 0.2) is 5.78 Å². The van der Waals surface area contributed by atoms with Gasteiger partial charge in [0.2, 0.25) is 11.8 Å². The highest BCUT2D eigenvalue weighted by Gasteiger charge is 2.44. The molecule has 2 aromatic carbocycles. The number of hydrogen-bond acceptors (Lipinski definition) is 6. The lowest BCUT2D eigenvalue weighted by Crippen LogP contribution is -2.60. The molecule has 0 unspecified atom stereocenters. The molecular weight excluding hydrogens is 446 g/mol. The fraction of sp³-hybridized carbons (Fsp3) is 0.444. The lowest BCUT2D eigenvalue weighted by Gasteiger charge is -2.44. The molecule has 3 N–H and O–H groups in total. The molecule has 1 spiro atoms. The van der Waals surface area contributed by atoms with E-state index in [2.05, 4.69) is 5.32 Å². The zero-order valence-electron chi connectivity index (χ0n) is 20.3. The summed E-state index contributed by atoms with van der Waals surface area (Å²) in [7, 11) is 0. The molecule has 2 heterocycles. The number of carbonyl (C=O) groups excluding carboxylic acids is 3. The van der Waals surface area contributed by atoms with Crippen LogP contribution in [0.1, 0.15) is 49.0 Å². The van der Waals surface area contributed by atoms with E-state index < -0.39 is 23.1 Å². The minimum absolute atomic E-state index is 0.0273. The summed E-state index contributed by atoms with van der Waals surface area (Å²) in [5.74, 6) is 0.0166. The van der Waals surface area contributed by atoms with Crippen LogP contribution in [0.5, 0.6) is 5.75 Å². The van der Waals surface area contributed by atoms with Crippen LogP contribution in [0.3, 0.4) is 0 Å². The molecule has 2 aromatic rings. The van der Waals surface area contributed by atoms with Gasteiger partial charge in [0.25, 0.3) is 0 Å². The maximum atomic E-state index is 13.4. The van der Waals surface area contributed by atoms with Crippen molar-refractivity contribution in [3.8, 4) is 5.75 Å². The van der Waals surface area contributed by atoms with Gasteiger partial charge in [-0.1, -0.05) is 42.5 Å². The zero-order valence-corrected chi connectivity index (χ0v) is 20.3. The van der Waals surface area contributed by atoms with Gasteiger partial charge in [-0.15, -0.1) is 0 Å². The number of amides is 2. The number of nitrogens with two attached hydrogens (primary N) is 1. The Morgan fingerprint density at radius 1 is 1.11 bits per heavy atom. The molecule has 0 aliphatic carbocycles. The first kappa shape index (κ1) is 24.9. The predicted molar refractivity (Wildman–Crippen MR) is 131 cm³/mol. The summed E-state index contributed by atoms with van der Waals surface area (Å²) in [5, 5.41) is 2.77. The highest BCUT2D eigenvalue weighted by Crippen LogP contribution is 2.39. The SMILES string of the molecule is CC(C)(N)C(=O)N[C@H](COCc1ccccc1)C(=O)N1CCC2(CC1)CC(=O)c1ccccc1O2. The molecule has 186 valence electrons. The molecule has 0 bridgehead atoms. The maximum Gasteiger partial charge on any atom is 0.247 e. The van der Waals surface area contributed by atoms with E-state index in [0.717, 1.165) is 5.56 Å². The maximum absolute atomic E-state index is 13.4. The van der Waals surface area contributed by atoms with Crippen LogP contribution in [0.15, 0.2) is 54.6 Å². The summed E-state index contributed by atoms with van der Waals surface area (Å²) in [6.07, 6.45) is 1.37. The molecular formula is C27H33N3O5. The summed E-state index contributed by atoms with van der Waals surface area (Å²) in [5.41, 5.74) is 5.79. The number of ether oxygens (including phenoxy) is 2. The van der Waals surface area contributed by atoms with Gasteiger partial charge < -0.3 is 25.4 Å². The van der Waals surface area contributed by atoms with Gasteiger partial charge >= 0.3 is 0 Å². The van der Waals surface area contributed by atoms with Crippen molar-refractivity contribution in [3.63, 3.8) is 0 Å². The third kappa shape index (κ3) is 5.89. The van der Waals surface area contributed by atoms with Gasteiger partial charge in [0.05, 0.1) is 30.7 Å². The Bertz CT molecular complexity index is 1070. The molecule has 0 saturated carbocycles. The molecule has 8 nitrogen and oxygen atoms in total. The van der Waals surface area contributed by atoms with Crippen molar-refractivity contribution >= 4 is 17.6 Å². The van der Waals surface area contributed by atoms with Crippen LogP contribution in [-0.2, 0) is 20.9 Å². The van der Waals surface area contributed by atoms with Gasteiger partial charge in [-0.05, 0) is 31.5 Å². The Labute approximate surface area is 205 Å². The number of piperidine rings is 1. The number of nitrogens with zero attached hydrogens (tertiary/aromatic N) is 1. The van der Waals surface area contributed by atoms with Crippen LogP contribution >= 0.6 is 0 Å². The topological polar surface area (TPSA) is 111 Å². The van der Waals surface area contributed by atoms with Gasteiger partial charge in [-0.2, -0.15) is 0 Å². The second-order valence-corrected chi connectivity index (χ2v) is 9.95. The van der Waals surface area contributed by atoms with Gasteiger partial charge in [0, 0.05) is 25.9 Å². The molecule has 0 aromatic heterocycles. The molecule has 1 saturated heterocycles. The molecule has 8 heteroatoms. The Hall–Kier alpha value is -3.23. The number of likely N-dealkylation sites (tertiary alicyclic amines) is 1. The van der Waals surface area contributed by atoms with Crippen molar-refractivity contribution in [3.05, 3.63) is 65.7 Å². The number of hydrogen-bond donors (Lipinski definition) is 2. The van der Waals surface area contributed by atoms with Crippen molar-refractivity contribution in [2.75, 3.05) is 19.7 Å². The number of para-hydroxylation sites is 1. The first-order valence-corrected chi connectivity index (χ1v) is 12.0. The molecule has 4 rings (SSSR count). The minimum Gasteiger partial charge on any atom is -0.486 e. The minimum atomic E-state index is -1.13. The van der Waals surface area contributed by atoms with Crippen molar-refractivity contribution in [2.45, 2.75) is 56.9 Å². The first-order chi connectivity index (χ1) is 16.7. The van der Waals surface area contributed by atoms with Crippen molar-refractivity contribution in [1.29, 1.82) is 0 Å². The van der Waals surface area contributed by atoms with Crippen LogP contribution in [-0.4, -0.2) is 59.4 Å². The van der Waals surface area contributed by atoms with Crippen LogP contribution < -0.4 is 15.8 Å². The fourth-order valence-corrected chi connectivity index (χ4v) is 4.46. The largest absolute Gasteiger partial charge is 0.486 e. The summed E-state index contributed by atoms with van der Waals surface area (Å²) >= 11 is 0. The molecule has 2 amide bonds.